The largest absolute Gasteiger partial charge is 0.573 e. The van der Waals surface area contributed by atoms with E-state index in [0.717, 1.165) is 16.1 Å². The number of carboxylic acid groups (broad SMARTS) is 1. The van der Waals surface area contributed by atoms with Crippen LogP contribution in [0, 0.1) is 6.92 Å². The van der Waals surface area contributed by atoms with E-state index in [2.05, 4.69) is 4.74 Å². The van der Waals surface area contributed by atoms with E-state index in [1.807, 2.05) is 0 Å². The number of rotatable bonds is 7. The molecule has 0 radical (unpaired) electrons. The molecule has 0 amide bonds. The topological polar surface area (TPSA) is 85.6 Å². The molecular weight excluding hydrogens is 483 g/mol. The summed E-state index contributed by atoms with van der Waals surface area (Å²) in [7, 11) is -4.08. The molecule has 0 spiro atoms. The first-order valence-corrected chi connectivity index (χ1v) is 11.9. The predicted molar refractivity (Wildman–Crippen MR) is 124 cm³/mol. The van der Waals surface area contributed by atoms with Crippen molar-refractivity contribution in [3.63, 3.8) is 0 Å². The maximum Gasteiger partial charge on any atom is 0.573 e. The molecule has 0 aliphatic heterocycles. The van der Waals surface area contributed by atoms with Gasteiger partial charge in [0, 0.05) is 18.0 Å². The fourth-order valence-corrected chi connectivity index (χ4v) is 5.65. The van der Waals surface area contributed by atoms with E-state index < -0.39 is 22.4 Å². The molecule has 0 aliphatic rings. The molecule has 0 saturated heterocycles. The molecule has 4 aromatic rings. The van der Waals surface area contributed by atoms with Gasteiger partial charge in [-0.15, -0.1) is 13.2 Å². The van der Waals surface area contributed by atoms with Gasteiger partial charge in [-0.1, -0.05) is 42.5 Å². The van der Waals surface area contributed by atoms with Crippen LogP contribution in [-0.4, -0.2) is 29.8 Å². The third-order valence-electron chi connectivity index (χ3n) is 5.59. The van der Waals surface area contributed by atoms with Crippen molar-refractivity contribution in [1.29, 1.82) is 0 Å². The Morgan fingerprint density at radius 3 is 2.34 bits per heavy atom. The molecule has 1 N–H and O–H groups in total. The normalized spacial score (nSPS) is 12.1. The van der Waals surface area contributed by atoms with Crippen LogP contribution in [0.4, 0.5) is 13.2 Å². The van der Waals surface area contributed by atoms with Crippen LogP contribution >= 0.6 is 0 Å². The lowest BCUT2D eigenvalue weighted by Crippen LogP contribution is -2.17. The van der Waals surface area contributed by atoms with Crippen LogP contribution in [0.15, 0.2) is 77.8 Å². The molecule has 1 heterocycles. The number of benzene rings is 3. The zero-order valence-corrected chi connectivity index (χ0v) is 19.2. The summed E-state index contributed by atoms with van der Waals surface area (Å²) in [5.41, 5.74) is 2.50. The number of aryl methyl sites for hydroxylation is 1. The van der Waals surface area contributed by atoms with Gasteiger partial charge in [0.2, 0.25) is 0 Å². The lowest BCUT2D eigenvalue weighted by atomic mass is 10.0. The fourth-order valence-electron chi connectivity index (χ4n) is 4.01. The number of hydrogen-bond donors (Lipinski definition) is 1. The van der Waals surface area contributed by atoms with Crippen LogP contribution < -0.4 is 4.74 Å². The number of hydrogen-bond acceptors (Lipinski definition) is 4. The molecule has 0 saturated carbocycles. The molecule has 6 nitrogen and oxygen atoms in total. The van der Waals surface area contributed by atoms with Gasteiger partial charge in [-0.2, -0.15) is 0 Å². The lowest BCUT2D eigenvalue weighted by molar-refractivity contribution is -0.274. The van der Waals surface area contributed by atoms with Crippen LogP contribution in [0.5, 0.6) is 5.75 Å². The zero-order chi connectivity index (χ0) is 25.4. The Labute approximate surface area is 199 Å². The van der Waals surface area contributed by atoms with Gasteiger partial charge in [-0.3, -0.25) is 4.79 Å². The number of fused-ring (bicyclic) bond motifs is 1. The average molecular weight is 503 g/mol. The van der Waals surface area contributed by atoms with E-state index in [4.69, 9.17) is 5.11 Å². The minimum atomic E-state index is -4.81. The van der Waals surface area contributed by atoms with Crippen molar-refractivity contribution in [2.45, 2.75) is 31.0 Å². The molecule has 0 aliphatic carbocycles. The van der Waals surface area contributed by atoms with Gasteiger partial charge in [0.1, 0.15) is 5.75 Å². The summed E-state index contributed by atoms with van der Waals surface area (Å²) in [6.07, 6.45) is -3.34. The Morgan fingerprint density at radius 2 is 1.69 bits per heavy atom. The number of aromatic nitrogens is 1. The average Bonchev–Trinajstić information content (AvgIpc) is 3.17. The lowest BCUT2D eigenvalue weighted by Gasteiger charge is -2.14. The molecule has 1 aromatic heterocycles. The SMILES string of the molecule is Cc1c(-c2ccc(OC(F)(F)F)cc2)cccc1S(=O)(=O)n1cc(CCC(=O)O)c2ccccc21. The number of halogens is 3. The van der Waals surface area contributed by atoms with E-state index in [1.165, 1.54) is 24.4 Å². The number of ether oxygens (including phenoxy) is 1. The van der Waals surface area contributed by atoms with Crippen molar-refractivity contribution in [2.75, 3.05) is 0 Å². The fraction of sp³-hybridized carbons (Fsp3) is 0.160. The maximum absolute atomic E-state index is 13.7. The van der Waals surface area contributed by atoms with E-state index in [9.17, 15) is 26.4 Å². The minimum Gasteiger partial charge on any atom is -0.481 e. The third-order valence-corrected chi connectivity index (χ3v) is 7.41. The summed E-state index contributed by atoms with van der Waals surface area (Å²) in [6, 6.07) is 16.7. The van der Waals surface area contributed by atoms with Gasteiger partial charge in [-0.05, 0) is 59.9 Å². The monoisotopic (exact) mass is 503 g/mol. The molecule has 35 heavy (non-hydrogen) atoms. The molecule has 0 fully saturated rings. The van der Waals surface area contributed by atoms with Gasteiger partial charge < -0.3 is 9.84 Å². The predicted octanol–water partition coefficient (Wildman–Crippen LogP) is 5.77. The van der Waals surface area contributed by atoms with E-state index >= 15 is 0 Å². The number of nitrogens with zero attached hydrogens (tertiary/aromatic N) is 1. The summed E-state index contributed by atoms with van der Waals surface area (Å²) in [6.45, 7) is 1.62. The third kappa shape index (κ3) is 5.02. The van der Waals surface area contributed by atoms with Gasteiger partial charge in [0.15, 0.2) is 0 Å². The molecule has 4 rings (SSSR count). The van der Waals surface area contributed by atoms with Gasteiger partial charge in [0.25, 0.3) is 10.0 Å². The second-order valence-electron chi connectivity index (χ2n) is 7.87. The van der Waals surface area contributed by atoms with Crippen LogP contribution in [0.2, 0.25) is 0 Å². The van der Waals surface area contributed by atoms with Crippen molar-refractivity contribution < 1.29 is 36.2 Å². The Morgan fingerprint density at radius 1 is 1.00 bits per heavy atom. The smallest absolute Gasteiger partial charge is 0.481 e. The molecule has 0 bridgehead atoms. The Balaban J connectivity index is 1.77. The Kier molecular flexibility index (Phi) is 6.33. The molecule has 0 atom stereocenters. The van der Waals surface area contributed by atoms with E-state index in [0.29, 0.717) is 33.2 Å². The summed E-state index contributed by atoms with van der Waals surface area (Å²) in [4.78, 5) is 11.1. The van der Waals surface area contributed by atoms with Gasteiger partial charge in [0.05, 0.1) is 10.4 Å². The second-order valence-corrected chi connectivity index (χ2v) is 9.65. The summed E-state index contributed by atoms with van der Waals surface area (Å²) >= 11 is 0. The highest BCUT2D eigenvalue weighted by Gasteiger charge is 2.31. The number of carboxylic acids is 1. The van der Waals surface area contributed by atoms with Crippen molar-refractivity contribution in [3.8, 4) is 16.9 Å². The van der Waals surface area contributed by atoms with Gasteiger partial charge in [-0.25, -0.2) is 12.4 Å². The second kappa shape index (κ2) is 9.10. The zero-order valence-electron chi connectivity index (χ0n) is 18.4. The molecule has 182 valence electrons. The number of alkyl halides is 3. The molecule has 10 heteroatoms. The summed E-state index contributed by atoms with van der Waals surface area (Å²) in [5, 5.41) is 9.70. The standard InChI is InChI=1S/C25H20F3NO5S/c1-16-20(17-9-12-19(13-10-17)34-25(26,27)28)6-4-8-23(16)35(32,33)29-15-18(11-14-24(30)31)21-5-2-3-7-22(21)29/h2-10,12-13,15H,11,14H2,1H3,(H,30,31). The highest BCUT2D eigenvalue weighted by atomic mass is 32.2. The first-order valence-electron chi connectivity index (χ1n) is 10.5. The van der Waals surface area contributed by atoms with Gasteiger partial charge >= 0.3 is 12.3 Å². The molecule has 0 unspecified atom stereocenters. The summed E-state index contributed by atoms with van der Waals surface area (Å²) < 4.78 is 69.8. The number of para-hydroxylation sites is 1. The Hall–Kier alpha value is -3.79. The molecule has 3 aromatic carbocycles. The summed E-state index contributed by atoms with van der Waals surface area (Å²) in [5.74, 6) is -1.37. The maximum atomic E-state index is 13.7. The van der Waals surface area contributed by atoms with Crippen LogP contribution in [0.25, 0.3) is 22.0 Å². The number of carbonyl (C=O) groups is 1. The van der Waals surface area contributed by atoms with Crippen molar-refractivity contribution in [3.05, 3.63) is 84.1 Å². The van der Waals surface area contributed by atoms with Crippen molar-refractivity contribution in [1.82, 2.24) is 3.97 Å². The molecular formula is C25H20F3NO5S. The van der Waals surface area contributed by atoms with Crippen molar-refractivity contribution in [2.24, 2.45) is 0 Å². The minimum absolute atomic E-state index is 0.0242. The van der Waals surface area contributed by atoms with Crippen LogP contribution in [-0.2, 0) is 21.2 Å². The first-order chi connectivity index (χ1) is 16.5. The quantitative estimate of drug-likeness (QED) is 0.346. The Bertz CT molecular complexity index is 1510. The van der Waals surface area contributed by atoms with E-state index in [-0.39, 0.29) is 23.5 Å². The van der Waals surface area contributed by atoms with Crippen molar-refractivity contribution >= 4 is 26.9 Å². The highest BCUT2D eigenvalue weighted by molar-refractivity contribution is 7.90. The highest BCUT2D eigenvalue weighted by Crippen LogP contribution is 2.33. The number of aliphatic carboxylic acids is 1. The van der Waals surface area contributed by atoms with E-state index in [1.54, 1.807) is 43.3 Å². The van der Waals surface area contributed by atoms with Crippen LogP contribution in [0.3, 0.4) is 0 Å². The van der Waals surface area contributed by atoms with Crippen LogP contribution in [0.1, 0.15) is 17.5 Å². The first kappa shape index (κ1) is 24.3.